The number of hydrogen-bond acceptors (Lipinski definition) is 4. The van der Waals surface area contributed by atoms with Crippen LogP contribution in [0.1, 0.15) is 0 Å². The fraction of sp³-hybridized carbons (Fsp3) is 0.467. The maximum atomic E-state index is 12.6. The second-order valence-electron chi connectivity index (χ2n) is 5.42. The molecule has 4 atom stereocenters. The molecule has 2 rings (SSSR count). The smallest absolute Gasteiger partial charge is 0.312 e. The average molecular weight is 469 g/mol. The molecule has 0 saturated heterocycles. The highest BCUT2D eigenvalue weighted by atomic mass is 35.5. The lowest BCUT2D eigenvalue weighted by Gasteiger charge is -2.33. The summed E-state index contributed by atoms with van der Waals surface area (Å²) in [6.45, 7) is 6.63. The second-order valence-corrected chi connectivity index (χ2v) is 8.69. The number of alkyl halides is 4. The summed E-state index contributed by atoms with van der Waals surface area (Å²) in [5, 5.41) is -0.437. The maximum Gasteiger partial charge on any atom is 0.312 e. The van der Waals surface area contributed by atoms with Crippen LogP contribution in [-0.2, 0) is 19.1 Å². The van der Waals surface area contributed by atoms with Crippen molar-refractivity contribution in [3.8, 4) is 0 Å². The van der Waals surface area contributed by atoms with Crippen molar-refractivity contribution in [2.45, 2.75) is 14.1 Å². The van der Waals surface area contributed by atoms with E-state index in [4.69, 9.17) is 79.1 Å². The largest absolute Gasteiger partial charge is 0.461 e. The van der Waals surface area contributed by atoms with Gasteiger partial charge in [0.2, 0.25) is 0 Å². The van der Waals surface area contributed by atoms with Crippen LogP contribution in [0.15, 0.2) is 35.4 Å². The summed E-state index contributed by atoms with van der Waals surface area (Å²) in [5.41, 5.74) is 0. The molecule has 0 unspecified atom stereocenters. The fourth-order valence-corrected chi connectivity index (χ4v) is 5.96. The van der Waals surface area contributed by atoms with E-state index in [2.05, 4.69) is 13.2 Å². The summed E-state index contributed by atoms with van der Waals surface area (Å²) >= 11 is 38.3. The molecule has 25 heavy (non-hydrogen) atoms. The fourth-order valence-electron chi connectivity index (χ4n) is 3.04. The normalized spacial score (nSPS) is 35.4. The van der Waals surface area contributed by atoms with Crippen LogP contribution in [0.5, 0.6) is 0 Å². The van der Waals surface area contributed by atoms with Crippen LogP contribution in [-0.4, -0.2) is 39.2 Å². The number of hydrogen-bond donors (Lipinski definition) is 0. The Bertz CT molecular complexity index is 621. The van der Waals surface area contributed by atoms with E-state index in [1.54, 1.807) is 0 Å². The molecule has 2 aliphatic carbocycles. The molecule has 0 aromatic heterocycles. The lowest BCUT2D eigenvalue weighted by Crippen LogP contribution is -2.46. The molecule has 2 bridgehead atoms. The quantitative estimate of drug-likeness (QED) is 0.326. The van der Waals surface area contributed by atoms with Crippen LogP contribution < -0.4 is 0 Å². The monoisotopic (exact) mass is 466 g/mol. The van der Waals surface area contributed by atoms with Gasteiger partial charge < -0.3 is 9.47 Å². The molecule has 0 spiro atoms. The minimum atomic E-state index is -2.08. The number of rotatable bonds is 6. The number of ether oxygens (including phenoxy) is 2. The topological polar surface area (TPSA) is 52.6 Å². The first-order valence-corrected chi connectivity index (χ1v) is 9.17. The maximum absolute atomic E-state index is 12.6. The molecule has 0 aromatic carbocycles. The second kappa shape index (κ2) is 7.14. The van der Waals surface area contributed by atoms with Crippen molar-refractivity contribution in [1.29, 1.82) is 0 Å². The standard InChI is InChI=1S/C15H12Cl6O4/c1-3-5-24-11(22)7-8(12(23)25-6-4-2)14(19)10(17)9(16)13(7,18)15(14,20)21/h3-4,7-8H,1-2,5-6H2/t7-,8+,13-,14-/m1/s1. The molecular weight excluding hydrogens is 457 g/mol. The lowest BCUT2D eigenvalue weighted by atomic mass is 9.82. The summed E-state index contributed by atoms with van der Waals surface area (Å²) in [7, 11) is 0. The van der Waals surface area contributed by atoms with Crippen molar-refractivity contribution >= 4 is 81.5 Å². The summed E-state index contributed by atoms with van der Waals surface area (Å²) in [4.78, 5) is 21.2. The molecule has 1 saturated carbocycles. The number of carbonyl (C=O) groups is 2. The lowest BCUT2D eigenvalue weighted by molar-refractivity contribution is -0.159. The molecule has 0 N–H and O–H groups in total. The Morgan fingerprint density at radius 1 is 0.880 bits per heavy atom. The predicted molar refractivity (Wildman–Crippen MR) is 99.6 cm³/mol. The van der Waals surface area contributed by atoms with Crippen LogP contribution >= 0.6 is 69.6 Å². The summed E-state index contributed by atoms with van der Waals surface area (Å²) in [6, 6.07) is 0. The third-order valence-electron chi connectivity index (χ3n) is 4.13. The van der Waals surface area contributed by atoms with Crippen LogP contribution in [0.4, 0.5) is 0 Å². The van der Waals surface area contributed by atoms with Crippen molar-refractivity contribution in [3.05, 3.63) is 35.4 Å². The molecule has 0 aliphatic heterocycles. The SMILES string of the molecule is C=CCOC(=O)[C@@H]1[C@H](C(=O)OCC=C)[C@@]2(Cl)C(Cl)=C(Cl)[C@@]1(Cl)C2(Cl)Cl. The number of allylic oxidation sites excluding steroid dienone is 2. The molecule has 138 valence electrons. The van der Waals surface area contributed by atoms with Crippen molar-refractivity contribution in [2.24, 2.45) is 11.8 Å². The molecule has 0 aromatic rings. The molecular formula is C15H12Cl6O4. The van der Waals surface area contributed by atoms with E-state index in [9.17, 15) is 9.59 Å². The Hall–Kier alpha value is -0.1000. The van der Waals surface area contributed by atoms with Gasteiger partial charge in [-0.15, -0.1) is 23.2 Å². The Balaban J connectivity index is 2.62. The van der Waals surface area contributed by atoms with Gasteiger partial charge in [-0.1, -0.05) is 71.7 Å². The van der Waals surface area contributed by atoms with Gasteiger partial charge in [0.05, 0.1) is 21.9 Å². The van der Waals surface area contributed by atoms with E-state index in [-0.39, 0.29) is 23.3 Å². The number of esters is 2. The van der Waals surface area contributed by atoms with Gasteiger partial charge in [0, 0.05) is 0 Å². The number of halogens is 6. The van der Waals surface area contributed by atoms with Crippen LogP contribution in [0, 0.1) is 11.8 Å². The van der Waals surface area contributed by atoms with E-state index in [1.807, 2.05) is 0 Å². The highest BCUT2D eigenvalue weighted by Gasteiger charge is 2.85. The Labute approximate surface area is 174 Å². The Morgan fingerprint density at radius 2 is 1.20 bits per heavy atom. The highest BCUT2D eigenvalue weighted by molar-refractivity contribution is 6.66. The summed E-state index contributed by atoms with van der Waals surface area (Å²) in [5.74, 6) is -4.61. The van der Waals surface area contributed by atoms with Gasteiger partial charge in [0.25, 0.3) is 0 Å². The van der Waals surface area contributed by atoms with E-state index >= 15 is 0 Å². The minimum Gasteiger partial charge on any atom is -0.461 e. The van der Waals surface area contributed by atoms with Crippen LogP contribution in [0.3, 0.4) is 0 Å². The van der Waals surface area contributed by atoms with E-state index < -0.39 is 37.9 Å². The van der Waals surface area contributed by atoms with Crippen molar-refractivity contribution in [3.63, 3.8) is 0 Å². The van der Waals surface area contributed by atoms with Gasteiger partial charge in [0.1, 0.15) is 23.0 Å². The minimum absolute atomic E-state index is 0.126. The van der Waals surface area contributed by atoms with Gasteiger partial charge in [0.15, 0.2) is 4.33 Å². The van der Waals surface area contributed by atoms with E-state index in [0.29, 0.717) is 0 Å². The van der Waals surface area contributed by atoms with Crippen LogP contribution in [0.25, 0.3) is 0 Å². The molecule has 0 amide bonds. The predicted octanol–water partition coefficient (Wildman–Crippen LogP) is 4.52. The van der Waals surface area contributed by atoms with Crippen molar-refractivity contribution < 1.29 is 19.1 Å². The van der Waals surface area contributed by atoms with Crippen molar-refractivity contribution in [1.82, 2.24) is 0 Å². The third-order valence-corrected chi connectivity index (χ3v) is 8.39. The molecule has 0 heterocycles. The summed E-state index contributed by atoms with van der Waals surface area (Å²) < 4.78 is 7.98. The van der Waals surface area contributed by atoms with Crippen LogP contribution in [0.2, 0.25) is 0 Å². The van der Waals surface area contributed by atoms with E-state index in [0.717, 1.165) is 0 Å². The van der Waals surface area contributed by atoms with E-state index in [1.165, 1.54) is 12.2 Å². The zero-order valence-electron chi connectivity index (χ0n) is 12.5. The first-order valence-electron chi connectivity index (χ1n) is 6.90. The number of carbonyl (C=O) groups excluding carboxylic acids is 2. The van der Waals surface area contributed by atoms with Gasteiger partial charge in [-0.3, -0.25) is 9.59 Å². The van der Waals surface area contributed by atoms with Gasteiger partial charge in [-0.05, 0) is 0 Å². The van der Waals surface area contributed by atoms with Gasteiger partial charge >= 0.3 is 11.9 Å². The zero-order chi connectivity index (χ0) is 19.2. The Morgan fingerprint density at radius 3 is 1.48 bits per heavy atom. The third kappa shape index (κ3) is 2.64. The molecule has 1 fully saturated rings. The first-order chi connectivity index (χ1) is 11.5. The Kier molecular flexibility index (Phi) is 6.05. The highest BCUT2D eigenvalue weighted by Crippen LogP contribution is 2.76. The average Bonchev–Trinajstić information content (AvgIpc) is 2.77. The molecule has 4 nitrogen and oxygen atoms in total. The molecule has 2 aliphatic rings. The molecule has 0 radical (unpaired) electrons. The molecule has 10 heteroatoms. The van der Waals surface area contributed by atoms with Gasteiger partial charge in [-0.25, -0.2) is 0 Å². The van der Waals surface area contributed by atoms with Crippen molar-refractivity contribution in [2.75, 3.05) is 13.2 Å². The number of fused-ring (bicyclic) bond motifs is 2. The van der Waals surface area contributed by atoms with Gasteiger partial charge in [-0.2, -0.15) is 0 Å². The zero-order valence-corrected chi connectivity index (χ0v) is 17.1. The summed E-state index contributed by atoms with van der Waals surface area (Å²) in [6.07, 6.45) is 2.68. The first kappa shape index (κ1) is 21.2.